The van der Waals surface area contributed by atoms with E-state index >= 15 is 0 Å². The molecule has 3 nitrogen and oxygen atoms in total. The fourth-order valence-electron chi connectivity index (χ4n) is 1.78. The number of carbonyl (C=O) groups excluding carboxylic acids is 1. The number of rotatable bonds is 4. The van der Waals surface area contributed by atoms with Crippen LogP contribution >= 0.6 is 15.9 Å². The van der Waals surface area contributed by atoms with Crippen LogP contribution in [0.3, 0.4) is 0 Å². The van der Waals surface area contributed by atoms with Gasteiger partial charge < -0.3 is 9.15 Å². The first-order chi connectivity index (χ1) is 8.67. The summed E-state index contributed by atoms with van der Waals surface area (Å²) in [7, 11) is 1.59. The summed E-state index contributed by atoms with van der Waals surface area (Å²) < 4.78 is 11.2. The van der Waals surface area contributed by atoms with Gasteiger partial charge in [-0.1, -0.05) is 6.92 Å². The summed E-state index contributed by atoms with van der Waals surface area (Å²) in [5, 5.41) is 0. The summed E-state index contributed by atoms with van der Waals surface area (Å²) in [5.74, 6) is 1.38. The van der Waals surface area contributed by atoms with E-state index < -0.39 is 0 Å². The zero-order valence-electron chi connectivity index (χ0n) is 10.2. The predicted octanol–water partition coefficient (Wildman–Crippen LogP) is 3.84. The third kappa shape index (κ3) is 2.34. The summed E-state index contributed by atoms with van der Waals surface area (Å²) in [5.41, 5.74) is 1.23. The van der Waals surface area contributed by atoms with Crippen molar-refractivity contribution in [3.63, 3.8) is 0 Å². The molecule has 94 valence electrons. The van der Waals surface area contributed by atoms with Crippen LogP contribution in [0.25, 0.3) is 0 Å². The summed E-state index contributed by atoms with van der Waals surface area (Å²) in [6, 6.07) is 6.98. The number of hydrogen-bond donors (Lipinski definition) is 0. The van der Waals surface area contributed by atoms with E-state index in [1.165, 1.54) is 0 Å². The molecule has 0 atom stereocenters. The number of methoxy groups -OCH3 is 1. The molecule has 0 aliphatic rings. The second-order valence-electron chi connectivity index (χ2n) is 3.79. The zero-order valence-corrected chi connectivity index (χ0v) is 11.8. The van der Waals surface area contributed by atoms with Crippen LogP contribution in [-0.4, -0.2) is 12.9 Å². The molecule has 0 aliphatic heterocycles. The number of furan rings is 1. The number of benzene rings is 1. The highest BCUT2D eigenvalue weighted by molar-refractivity contribution is 9.10. The van der Waals surface area contributed by atoms with E-state index in [1.54, 1.807) is 37.6 Å². The predicted molar refractivity (Wildman–Crippen MR) is 72.2 cm³/mol. The molecular formula is C14H13BrO3. The molecule has 0 aliphatic carbocycles. The normalized spacial score (nSPS) is 10.4. The maximum absolute atomic E-state index is 12.3. The Morgan fingerprint density at radius 1 is 1.39 bits per heavy atom. The highest BCUT2D eigenvalue weighted by Gasteiger charge is 2.16. The Morgan fingerprint density at radius 3 is 2.78 bits per heavy atom. The third-order valence-electron chi connectivity index (χ3n) is 2.73. The topological polar surface area (TPSA) is 39.4 Å². The molecule has 0 amide bonds. The number of carbonyl (C=O) groups is 1. The van der Waals surface area contributed by atoms with Crippen LogP contribution in [0.4, 0.5) is 0 Å². The van der Waals surface area contributed by atoms with Gasteiger partial charge in [0.2, 0.25) is 0 Å². The van der Waals surface area contributed by atoms with Gasteiger partial charge in [0, 0.05) is 12.0 Å². The van der Waals surface area contributed by atoms with Crippen LogP contribution in [-0.2, 0) is 6.42 Å². The molecular weight excluding hydrogens is 296 g/mol. The first-order valence-corrected chi connectivity index (χ1v) is 6.41. The first kappa shape index (κ1) is 12.9. The standard InChI is InChI=1S/C14H13BrO3/c1-3-12-10(6-7-18-12)14(16)9-4-5-13(17-2)11(15)8-9/h4-8H,3H2,1-2H3. The Morgan fingerprint density at radius 2 is 2.17 bits per heavy atom. The largest absolute Gasteiger partial charge is 0.496 e. The summed E-state index contributed by atoms with van der Waals surface area (Å²) >= 11 is 3.37. The highest BCUT2D eigenvalue weighted by atomic mass is 79.9. The van der Waals surface area contributed by atoms with Gasteiger partial charge in [0.25, 0.3) is 0 Å². The Hall–Kier alpha value is -1.55. The molecule has 0 bridgehead atoms. The summed E-state index contributed by atoms with van der Waals surface area (Å²) in [6.07, 6.45) is 2.25. The van der Waals surface area contributed by atoms with Crippen molar-refractivity contribution >= 4 is 21.7 Å². The van der Waals surface area contributed by atoms with Crippen LogP contribution < -0.4 is 4.74 Å². The van der Waals surface area contributed by atoms with Crippen LogP contribution in [0.15, 0.2) is 39.4 Å². The Labute approximate surface area is 114 Å². The molecule has 0 saturated carbocycles. The Bertz CT molecular complexity index is 572. The van der Waals surface area contributed by atoms with Crippen molar-refractivity contribution in [3.05, 3.63) is 51.9 Å². The lowest BCUT2D eigenvalue weighted by molar-refractivity contribution is 0.103. The zero-order chi connectivity index (χ0) is 13.1. The van der Waals surface area contributed by atoms with Gasteiger partial charge in [0.1, 0.15) is 11.5 Å². The van der Waals surface area contributed by atoms with Crippen molar-refractivity contribution in [3.8, 4) is 5.75 Å². The van der Waals surface area contributed by atoms with E-state index in [0.29, 0.717) is 29.1 Å². The van der Waals surface area contributed by atoms with Crippen LogP contribution in [0.2, 0.25) is 0 Å². The minimum atomic E-state index is -0.0380. The fourth-order valence-corrected chi connectivity index (χ4v) is 2.32. The Balaban J connectivity index is 2.37. The lowest BCUT2D eigenvalue weighted by Gasteiger charge is -2.05. The maximum Gasteiger partial charge on any atom is 0.196 e. The Kier molecular flexibility index (Phi) is 3.87. The highest BCUT2D eigenvalue weighted by Crippen LogP contribution is 2.27. The number of aryl methyl sites for hydroxylation is 1. The molecule has 0 unspecified atom stereocenters. The maximum atomic E-state index is 12.3. The van der Waals surface area contributed by atoms with E-state index in [9.17, 15) is 4.79 Å². The third-order valence-corrected chi connectivity index (χ3v) is 3.34. The van der Waals surface area contributed by atoms with E-state index in [2.05, 4.69) is 15.9 Å². The molecule has 0 fully saturated rings. The van der Waals surface area contributed by atoms with Crippen molar-refractivity contribution in [1.29, 1.82) is 0 Å². The van der Waals surface area contributed by atoms with Gasteiger partial charge in [-0.25, -0.2) is 0 Å². The van der Waals surface area contributed by atoms with Gasteiger partial charge >= 0.3 is 0 Å². The summed E-state index contributed by atoms with van der Waals surface area (Å²) in [4.78, 5) is 12.3. The molecule has 1 aromatic carbocycles. The van der Waals surface area contributed by atoms with Gasteiger partial charge in [-0.15, -0.1) is 0 Å². The number of ether oxygens (including phenoxy) is 1. The van der Waals surface area contributed by atoms with Crippen molar-refractivity contribution in [2.24, 2.45) is 0 Å². The van der Waals surface area contributed by atoms with Crippen LogP contribution in [0.1, 0.15) is 28.6 Å². The molecule has 4 heteroatoms. The van der Waals surface area contributed by atoms with Gasteiger partial charge in [-0.2, -0.15) is 0 Å². The first-order valence-electron chi connectivity index (χ1n) is 5.62. The van der Waals surface area contributed by atoms with Gasteiger partial charge in [0.15, 0.2) is 5.78 Å². The molecule has 0 N–H and O–H groups in total. The van der Waals surface area contributed by atoms with Crippen molar-refractivity contribution < 1.29 is 13.9 Å². The average molecular weight is 309 g/mol. The number of halogens is 1. The van der Waals surface area contributed by atoms with Crippen molar-refractivity contribution in [1.82, 2.24) is 0 Å². The van der Waals surface area contributed by atoms with Gasteiger partial charge in [-0.3, -0.25) is 4.79 Å². The molecule has 0 saturated heterocycles. The quantitative estimate of drug-likeness (QED) is 0.806. The van der Waals surface area contributed by atoms with Crippen LogP contribution in [0.5, 0.6) is 5.75 Å². The lowest BCUT2D eigenvalue weighted by atomic mass is 10.0. The molecule has 0 radical (unpaired) electrons. The number of ketones is 1. The monoisotopic (exact) mass is 308 g/mol. The fraction of sp³-hybridized carbons (Fsp3) is 0.214. The smallest absolute Gasteiger partial charge is 0.196 e. The van der Waals surface area contributed by atoms with Crippen molar-refractivity contribution in [2.45, 2.75) is 13.3 Å². The molecule has 2 aromatic rings. The van der Waals surface area contributed by atoms with E-state index in [1.807, 2.05) is 6.92 Å². The van der Waals surface area contributed by atoms with Crippen LogP contribution in [0, 0.1) is 0 Å². The van der Waals surface area contributed by atoms with Gasteiger partial charge in [0.05, 0.1) is 23.4 Å². The molecule has 0 spiro atoms. The second-order valence-corrected chi connectivity index (χ2v) is 4.64. The molecule has 2 rings (SSSR count). The lowest BCUT2D eigenvalue weighted by Crippen LogP contribution is -2.03. The molecule has 1 aromatic heterocycles. The average Bonchev–Trinajstić information content (AvgIpc) is 2.86. The SMILES string of the molecule is CCc1occc1C(=O)c1ccc(OC)c(Br)c1. The van der Waals surface area contributed by atoms with Gasteiger partial charge in [-0.05, 0) is 40.2 Å². The minimum absolute atomic E-state index is 0.0380. The molecule has 1 heterocycles. The number of hydrogen-bond acceptors (Lipinski definition) is 3. The van der Waals surface area contributed by atoms with E-state index in [0.717, 1.165) is 4.47 Å². The second kappa shape index (κ2) is 5.40. The minimum Gasteiger partial charge on any atom is -0.496 e. The summed E-state index contributed by atoms with van der Waals surface area (Å²) in [6.45, 7) is 1.96. The van der Waals surface area contributed by atoms with Crippen molar-refractivity contribution in [2.75, 3.05) is 7.11 Å². The van der Waals surface area contributed by atoms with E-state index in [-0.39, 0.29) is 5.78 Å². The van der Waals surface area contributed by atoms with E-state index in [4.69, 9.17) is 9.15 Å². The molecule has 18 heavy (non-hydrogen) atoms.